The van der Waals surface area contributed by atoms with E-state index in [1.54, 1.807) is 4.90 Å². The predicted octanol–water partition coefficient (Wildman–Crippen LogP) is 2.46. The van der Waals surface area contributed by atoms with Crippen LogP contribution in [0.25, 0.3) is 0 Å². The molecular formula is C18H34N2O5S. The van der Waals surface area contributed by atoms with Gasteiger partial charge in [0.25, 0.3) is 10.1 Å². The molecule has 1 heterocycles. The summed E-state index contributed by atoms with van der Waals surface area (Å²) in [6.45, 7) is 10.4. The lowest BCUT2D eigenvalue weighted by molar-refractivity contribution is -0.00831. The zero-order valence-electron chi connectivity index (χ0n) is 16.7. The van der Waals surface area contributed by atoms with E-state index in [1.165, 1.54) is 0 Å². The number of carbonyl (C=O) groups is 1. The Hall–Kier alpha value is -0.860. The first-order valence-corrected chi connectivity index (χ1v) is 11.3. The first-order valence-electron chi connectivity index (χ1n) is 9.52. The van der Waals surface area contributed by atoms with Crippen LogP contribution in [0.3, 0.4) is 0 Å². The zero-order valence-corrected chi connectivity index (χ0v) is 17.5. The van der Waals surface area contributed by atoms with Gasteiger partial charge in [-0.3, -0.25) is 9.08 Å². The number of rotatable bonds is 4. The summed E-state index contributed by atoms with van der Waals surface area (Å²) in [4.78, 5) is 16.6. The van der Waals surface area contributed by atoms with Crippen molar-refractivity contribution in [3.8, 4) is 0 Å². The average Bonchev–Trinajstić information content (AvgIpc) is 2.51. The van der Waals surface area contributed by atoms with E-state index in [1.807, 2.05) is 20.8 Å². The van der Waals surface area contributed by atoms with Gasteiger partial charge >= 0.3 is 6.09 Å². The fraction of sp³-hybridized carbons (Fsp3) is 0.944. The fourth-order valence-electron chi connectivity index (χ4n) is 3.87. The number of hydrogen-bond donors (Lipinski definition) is 0. The second-order valence-electron chi connectivity index (χ2n) is 8.68. The normalized spacial score (nSPS) is 28.8. The number of carbonyl (C=O) groups excluding carboxylic acids is 1. The van der Waals surface area contributed by atoms with Gasteiger partial charge < -0.3 is 9.64 Å². The van der Waals surface area contributed by atoms with Crippen LogP contribution < -0.4 is 0 Å². The summed E-state index contributed by atoms with van der Waals surface area (Å²) < 4.78 is 32.7. The van der Waals surface area contributed by atoms with Gasteiger partial charge in [-0.1, -0.05) is 0 Å². The molecule has 8 heteroatoms. The molecule has 1 saturated heterocycles. The highest BCUT2D eigenvalue weighted by Gasteiger charge is 2.35. The quantitative estimate of drug-likeness (QED) is 0.687. The largest absolute Gasteiger partial charge is 0.444 e. The maximum atomic E-state index is 12.3. The van der Waals surface area contributed by atoms with Gasteiger partial charge in [-0.05, 0) is 59.3 Å². The Morgan fingerprint density at radius 3 is 2.23 bits per heavy atom. The van der Waals surface area contributed by atoms with E-state index in [-0.39, 0.29) is 6.09 Å². The highest BCUT2D eigenvalue weighted by molar-refractivity contribution is 7.85. The van der Waals surface area contributed by atoms with Gasteiger partial charge in [0.05, 0.1) is 12.9 Å². The highest BCUT2D eigenvalue weighted by atomic mass is 32.2. The van der Waals surface area contributed by atoms with Crippen LogP contribution in [-0.4, -0.2) is 74.5 Å². The Kier molecular flexibility index (Phi) is 6.96. The molecule has 152 valence electrons. The van der Waals surface area contributed by atoms with Crippen molar-refractivity contribution in [3.63, 3.8) is 0 Å². The van der Waals surface area contributed by atoms with Crippen molar-refractivity contribution >= 4 is 16.2 Å². The maximum Gasteiger partial charge on any atom is 0.410 e. The van der Waals surface area contributed by atoms with E-state index in [9.17, 15) is 13.2 Å². The van der Waals surface area contributed by atoms with E-state index < -0.39 is 15.7 Å². The van der Waals surface area contributed by atoms with E-state index in [0.29, 0.717) is 37.7 Å². The van der Waals surface area contributed by atoms with Crippen molar-refractivity contribution in [1.29, 1.82) is 0 Å². The molecule has 1 unspecified atom stereocenters. The minimum Gasteiger partial charge on any atom is -0.444 e. The molecule has 1 aliphatic heterocycles. The second kappa shape index (κ2) is 8.44. The van der Waals surface area contributed by atoms with Crippen molar-refractivity contribution in [1.82, 2.24) is 9.80 Å². The van der Waals surface area contributed by atoms with Crippen LogP contribution in [0.1, 0.15) is 53.4 Å². The summed E-state index contributed by atoms with van der Waals surface area (Å²) >= 11 is 0. The second-order valence-corrected chi connectivity index (χ2v) is 10.3. The number of piperazine rings is 1. The van der Waals surface area contributed by atoms with Crippen molar-refractivity contribution in [2.24, 2.45) is 5.92 Å². The summed E-state index contributed by atoms with van der Waals surface area (Å²) in [5, 5.41) is 0. The summed E-state index contributed by atoms with van der Waals surface area (Å²) in [6, 6.07) is 0.797. The average molecular weight is 391 g/mol. The summed E-state index contributed by atoms with van der Waals surface area (Å²) in [7, 11) is -3.35. The third-order valence-corrected chi connectivity index (χ3v) is 5.70. The van der Waals surface area contributed by atoms with Crippen molar-refractivity contribution < 1.29 is 22.1 Å². The third-order valence-electron chi connectivity index (χ3n) is 5.13. The Balaban J connectivity index is 1.79. The van der Waals surface area contributed by atoms with Crippen LogP contribution in [0.15, 0.2) is 0 Å². The van der Waals surface area contributed by atoms with Crippen molar-refractivity contribution in [2.75, 3.05) is 32.5 Å². The molecular weight excluding hydrogens is 356 g/mol. The smallest absolute Gasteiger partial charge is 0.410 e. The number of nitrogens with zero attached hydrogens (tertiary/aromatic N) is 2. The molecule has 2 aliphatic rings. The lowest BCUT2D eigenvalue weighted by Gasteiger charge is -2.45. The molecule has 0 spiro atoms. The molecule has 1 saturated carbocycles. The van der Waals surface area contributed by atoms with Gasteiger partial charge in [0, 0.05) is 31.7 Å². The van der Waals surface area contributed by atoms with Crippen LogP contribution in [-0.2, 0) is 19.0 Å². The maximum absolute atomic E-state index is 12.3. The Bertz CT molecular complexity index is 579. The predicted molar refractivity (Wildman–Crippen MR) is 101 cm³/mol. The molecule has 7 nitrogen and oxygen atoms in total. The van der Waals surface area contributed by atoms with Crippen molar-refractivity contribution in [3.05, 3.63) is 0 Å². The number of hydrogen-bond acceptors (Lipinski definition) is 6. The fourth-order valence-corrected chi connectivity index (χ4v) is 4.31. The minimum absolute atomic E-state index is 0.231. The Labute approximate surface area is 158 Å². The van der Waals surface area contributed by atoms with Crippen LogP contribution in [0.5, 0.6) is 0 Å². The lowest BCUT2D eigenvalue weighted by atomic mass is 9.85. The number of amides is 1. The van der Waals surface area contributed by atoms with E-state index in [0.717, 1.165) is 38.5 Å². The van der Waals surface area contributed by atoms with Crippen LogP contribution in [0, 0.1) is 5.92 Å². The molecule has 0 aromatic carbocycles. The van der Waals surface area contributed by atoms with Crippen LogP contribution >= 0.6 is 0 Å². The molecule has 2 rings (SSSR count). The van der Waals surface area contributed by atoms with Gasteiger partial charge in [-0.15, -0.1) is 0 Å². The molecule has 1 aliphatic carbocycles. The van der Waals surface area contributed by atoms with Crippen LogP contribution in [0.4, 0.5) is 4.79 Å². The van der Waals surface area contributed by atoms with E-state index in [4.69, 9.17) is 8.92 Å². The van der Waals surface area contributed by atoms with Gasteiger partial charge in [0.2, 0.25) is 0 Å². The first-order chi connectivity index (χ1) is 11.9. The Morgan fingerprint density at radius 1 is 1.12 bits per heavy atom. The zero-order chi connectivity index (χ0) is 19.5. The van der Waals surface area contributed by atoms with Crippen LogP contribution in [0.2, 0.25) is 0 Å². The molecule has 2 fully saturated rings. The molecule has 1 amide bonds. The van der Waals surface area contributed by atoms with Gasteiger partial charge in [-0.25, -0.2) is 4.79 Å². The topological polar surface area (TPSA) is 76.2 Å². The monoisotopic (exact) mass is 390 g/mol. The first kappa shape index (κ1) is 21.4. The SMILES string of the molecule is CC1CN(C(=O)OC(C)(C)C)CCN1C1CCC(COS(C)(=O)=O)CC1. The molecule has 0 N–H and O–H groups in total. The summed E-state index contributed by atoms with van der Waals surface area (Å²) in [6.07, 6.45) is 4.94. The van der Waals surface area contributed by atoms with Crippen molar-refractivity contribution in [2.45, 2.75) is 71.1 Å². The molecule has 0 aromatic heterocycles. The van der Waals surface area contributed by atoms with Gasteiger partial charge in [0.1, 0.15) is 5.60 Å². The third kappa shape index (κ3) is 6.70. The molecule has 1 atom stereocenters. The minimum atomic E-state index is -3.35. The molecule has 0 radical (unpaired) electrons. The number of ether oxygens (including phenoxy) is 1. The van der Waals surface area contributed by atoms with E-state index >= 15 is 0 Å². The lowest BCUT2D eigenvalue weighted by Crippen LogP contribution is -2.57. The summed E-state index contributed by atoms with van der Waals surface area (Å²) in [5.41, 5.74) is -0.468. The summed E-state index contributed by atoms with van der Waals surface area (Å²) in [5.74, 6) is 0.319. The Morgan fingerprint density at radius 2 is 1.73 bits per heavy atom. The van der Waals surface area contributed by atoms with Gasteiger partial charge in [0.15, 0.2) is 0 Å². The standard InChI is InChI=1S/C18H34N2O5S/c1-14-12-19(17(21)25-18(2,3)4)10-11-20(14)16-8-6-15(7-9-16)13-24-26(5,22)23/h14-16H,6-13H2,1-5H3. The highest BCUT2D eigenvalue weighted by Crippen LogP contribution is 2.30. The molecule has 0 aromatic rings. The van der Waals surface area contributed by atoms with E-state index in [2.05, 4.69) is 11.8 Å². The molecule has 26 heavy (non-hydrogen) atoms. The molecule has 0 bridgehead atoms. The van der Waals surface area contributed by atoms with Gasteiger partial charge in [-0.2, -0.15) is 8.42 Å².